The van der Waals surface area contributed by atoms with Gasteiger partial charge in [-0.15, -0.1) is 0 Å². The average molecular weight is 364 g/mol. The fourth-order valence-corrected chi connectivity index (χ4v) is 2.27. The monoisotopic (exact) mass is 364 g/mol. The van der Waals surface area contributed by atoms with Gasteiger partial charge in [-0.05, 0) is 23.8 Å². The van der Waals surface area contributed by atoms with E-state index in [0.717, 1.165) is 17.7 Å². The number of nitrogens with zero attached hydrogens (tertiary/aromatic N) is 1. The summed E-state index contributed by atoms with van der Waals surface area (Å²) in [5, 5.41) is 2.74. The predicted octanol–water partition coefficient (Wildman–Crippen LogP) is 3.79. The second kappa shape index (κ2) is 9.84. The third-order valence-corrected chi connectivity index (χ3v) is 3.65. The Hall–Kier alpha value is -2.51. The summed E-state index contributed by atoms with van der Waals surface area (Å²) >= 11 is 0. The standard InChI is InChI=1S/C19H22F2N2O3/c1-23(12-15-6-7-16(20)11-18(15)21)19(24)22-17-5-3-4-14(10-17)13-26-9-8-25-2/h3-7,10-11H,8-9,12-13H2,1-2H3,(H,22,24). The summed E-state index contributed by atoms with van der Waals surface area (Å²) in [5.41, 5.74) is 1.75. The molecule has 0 saturated carbocycles. The van der Waals surface area contributed by atoms with Crippen molar-refractivity contribution in [1.82, 2.24) is 4.90 Å². The summed E-state index contributed by atoms with van der Waals surface area (Å²) in [6, 6.07) is 10.1. The van der Waals surface area contributed by atoms with Crippen molar-refractivity contribution in [3.63, 3.8) is 0 Å². The topological polar surface area (TPSA) is 50.8 Å². The van der Waals surface area contributed by atoms with Crippen LogP contribution in [0.25, 0.3) is 0 Å². The Morgan fingerprint density at radius 3 is 2.69 bits per heavy atom. The van der Waals surface area contributed by atoms with Crippen molar-refractivity contribution in [3.05, 3.63) is 65.2 Å². The summed E-state index contributed by atoms with van der Waals surface area (Å²) < 4.78 is 37.0. The molecule has 0 spiro atoms. The second-order valence-electron chi connectivity index (χ2n) is 5.77. The number of hydrogen-bond donors (Lipinski definition) is 1. The first-order chi connectivity index (χ1) is 12.5. The molecule has 0 radical (unpaired) electrons. The second-order valence-corrected chi connectivity index (χ2v) is 5.77. The van der Waals surface area contributed by atoms with Crippen molar-refractivity contribution in [1.29, 1.82) is 0 Å². The maximum Gasteiger partial charge on any atom is 0.321 e. The molecule has 140 valence electrons. The third-order valence-electron chi connectivity index (χ3n) is 3.65. The zero-order valence-corrected chi connectivity index (χ0v) is 14.8. The van der Waals surface area contributed by atoms with Crippen LogP contribution in [0, 0.1) is 11.6 Å². The fraction of sp³-hybridized carbons (Fsp3) is 0.316. The van der Waals surface area contributed by atoms with E-state index in [9.17, 15) is 13.6 Å². The quantitative estimate of drug-likeness (QED) is 0.725. The molecule has 2 rings (SSSR count). The molecule has 2 aromatic rings. The Labute approximate surface area is 151 Å². The van der Waals surface area contributed by atoms with Gasteiger partial charge in [-0.3, -0.25) is 0 Å². The van der Waals surface area contributed by atoms with Crippen LogP contribution in [-0.2, 0) is 22.6 Å². The van der Waals surface area contributed by atoms with Gasteiger partial charge in [0.05, 0.1) is 19.8 Å². The summed E-state index contributed by atoms with van der Waals surface area (Å²) in [6.45, 7) is 1.43. The van der Waals surface area contributed by atoms with E-state index in [4.69, 9.17) is 9.47 Å². The van der Waals surface area contributed by atoms with Gasteiger partial charge < -0.3 is 19.7 Å². The van der Waals surface area contributed by atoms with Gasteiger partial charge in [0, 0.05) is 38.0 Å². The summed E-state index contributed by atoms with van der Waals surface area (Å²) in [7, 11) is 3.14. The Kier molecular flexibility index (Phi) is 7.50. The summed E-state index contributed by atoms with van der Waals surface area (Å²) in [5.74, 6) is -1.33. The van der Waals surface area contributed by atoms with Gasteiger partial charge in [0.1, 0.15) is 11.6 Å². The van der Waals surface area contributed by atoms with Crippen LogP contribution >= 0.6 is 0 Å². The molecule has 0 aliphatic rings. The van der Waals surface area contributed by atoms with Crippen molar-refractivity contribution in [2.24, 2.45) is 0 Å². The Balaban J connectivity index is 1.91. The number of halogens is 2. The van der Waals surface area contributed by atoms with Crippen molar-refractivity contribution < 1.29 is 23.0 Å². The first-order valence-electron chi connectivity index (χ1n) is 8.11. The van der Waals surface area contributed by atoms with E-state index in [1.54, 1.807) is 19.2 Å². The molecule has 0 aliphatic carbocycles. The Bertz CT molecular complexity index is 740. The van der Waals surface area contributed by atoms with Crippen LogP contribution < -0.4 is 5.32 Å². The third kappa shape index (κ3) is 6.09. The van der Waals surface area contributed by atoms with Gasteiger partial charge >= 0.3 is 6.03 Å². The van der Waals surface area contributed by atoms with Crippen LogP contribution in [0.5, 0.6) is 0 Å². The molecule has 0 heterocycles. The molecule has 0 aliphatic heterocycles. The largest absolute Gasteiger partial charge is 0.382 e. The number of ether oxygens (including phenoxy) is 2. The molecule has 1 N–H and O–H groups in total. The highest BCUT2D eigenvalue weighted by Gasteiger charge is 2.12. The lowest BCUT2D eigenvalue weighted by atomic mass is 10.2. The molecule has 7 heteroatoms. The molecular weight excluding hydrogens is 342 g/mol. The van der Waals surface area contributed by atoms with Crippen LogP contribution in [0.2, 0.25) is 0 Å². The zero-order valence-electron chi connectivity index (χ0n) is 14.8. The molecule has 0 bridgehead atoms. The van der Waals surface area contributed by atoms with E-state index in [2.05, 4.69) is 5.32 Å². The average Bonchev–Trinajstić information content (AvgIpc) is 2.61. The maximum absolute atomic E-state index is 13.7. The number of hydrogen-bond acceptors (Lipinski definition) is 3. The van der Waals surface area contributed by atoms with E-state index in [-0.39, 0.29) is 12.1 Å². The zero-order chi connectivity index (χ0) is 18.9. The number of carbonyl (C=O) groups is 1. The number of methoxy groups -OCH3 is 1. The minimum absolute atomic E-state index is 0.0256. The molecule has 0 aromatic heterocycles. The smallest absolute Gasteiger partial charge is 0.321 e. The SMILES string of the molecule is COCCOCc1cccc(NC(=O)N(C)Cc2ccc(F)cc2F)c1. The number of carbonyl (C=O) groups excluding carboxylic acids is 1. The van der Waals surface area contributed by atoms with Gasteiger partial charge in [0.2, 0.25) is 0 Å². The van der Waals surface area contributed by atoms with Crippen LogP contribution in [-0.4, -0.2) is 38.3 Å². The van der Waals surface area contributed by atoms with Crippen LogP contribution in [0.4, 0.5) is 19.3 Å². The predicted molar refractivity (Wildman–Crippen MR) is 94.8 cm³/mol. The lowest BCUT2D eigenvalue weighted by Gasteiger charge is -2.18. The Morgan fingerprint density at radius 2 is 1.96 bits per heavy atom. The van der Waals surface area contributed by atoms with Crippen LogP contribution in [0.1, 0.15) is 11.1 Å². The molecule has 0 saturated heterocycles. The molecule has 2 aromatic carbocycles. The van der Waals surface area contributed by atoms with Gasteiger partial charge in [0.25, 0.3) is 0 Å². The summed E-state index contributed by atoms with van der Waals surface area (Å²) in [4.78, 5) is 13.6. The summed E-state index contributed by atoms with van der Waals surface area (Å²) in [6.07, 6.45) is 0. The highest BCUT2D eigenvalue weighted by Crippen LogP contribution is 2.15. The van der Waals surface area contributed by atoms with Crippen molar-refractivity contribution in [2.75, 3.05) is 32.7 Å². The lowest BCUT2D eigenvalue weighted by Crippen LogP contribution is -2.31. The van der Waals surface area contributed by atoms with E-state index >= 15 is 0 Å². The number of rotatable bonds is 8. The van der Waals surface area contributed by atoms with Gasteiger partial charge in [-0.2, -0.15) is 0 Å². The molecule has 26 heavy (non-hydrogen) atoms. The van der Waals surface area contributed by atoms with E-state index in [0.29, 0.717) is 25.5 Å². The minimum Gasteiger partial charge on any atom is -0.382 e. The highest BCUT2D eigenvalue weighted by molar-refractivity contribution is 5.89. The molecule has 0 unspecified atom stereocenters. The van der Waals surface area contributed by atoms with Gasteiger partial charge in [-0.25, -0.2) is 13.6 Å². The van der Waals surface area contributed by atoms with E-state index < -0.39 is 17.7 Å². The van der Waals surface area contributed by atoms with Crippen molar-refractivity contribution in [2.45, 2.75) is 13.2 Å². The number of urea groups is 1. The van der Waals surface area contributed by atoms with E-state index in [1.807, 2.05) is 12.1 Å². The lowest BCUT2D eigenvalue weighted by molar-refractivity contribution is 0.0617. The molecule has 5 nitrogen and oxygen atoms in total. The normalized spacial score (nSPS) is 10.6. The van der Waals surface area contributed by atoms with E-state index in [1.165, 1.54) is 18.0 Å². The van der Waals surface area contributed by atoms with Crippen LogP contribution in [0.15, 0.2) is 42.5 Å². The molecular formula is C19H22F2N2O3. The fourth-order valence-electron chi connectivity index (χ4n) is 2.27. The minimum atomic E-state index is -0.681. The Morgan fingerprint density at radius 1 is 1.15 bits per heavy atom. The first-order valence-corrected chi connectivity index (χ1v) is 8.11. The van der Waals surface area contributed by atoms with Gasteiger partial charge in [0.15, 0.2) is 0 Å². The molecule has 0 fully saturated rings. The maximum atomic E-state index is 13.7. The molecule has 2 amide bonds. The number of nitrogens with one attached hydrogen (secondary N) is 1. The molecule has 0 atom stereocenters. The highest BCUT2D eigenvalue weighted by atomic mass is 19.1. The first kappa shape index (κ1) is 19.8. The number of amides is 2. The van der Waals surface area contributed by atoms with Crippen molar-refractivity contribution in [3.8, 4) is 0 Å². The van der Waals surface area contributed by atoms with Crippen molar-refractivity contribution >= 4 is 11.7 Å². The van der Waals surface area contributed by atoms with Gasteiger partial charge in [-0.1, -0.05) is 18.2 Å². The number of anilines is 1. The van der Waals surface area contributed by atoms with Crippen LogP contribution in [0.3, 0.4) is 0 Å². The number of benzene rings is 2.